The zero-order valence-electron chi connectivity index (χ0n) is 12.5. The van der Waals surface area contributed by atoms with Crippen LogP contribution in [-0.4, -0.2) is 35.1 Å². The molecule has 1 N–H and O–H groups in total. The van der Waals surface area contributed by atoms with Gasteiger partial charge in [0.2, 0.25) is 0 Å². The molecule has 0 unspecified atom stereocenters. The predicted octanol–water partition coefficient (Wildman–Crippen LogP) is 3.39. The minimum Gasteiger partial charge on any atom is -0.481 e. The van der Waals surface area contributed by atoms with Crippen molar-refractivity contribution in [2.45, 2.75) is 64.8 Å². The number of hydrogen-bond donors (Lipinski definition) is 1. The van der Waals surface area contributed by atoms with Crippen LogP contribution in [0.15, 0.2) is 0 Å². The summed E-state index contributed by atoms with van der Waals surface area (Å²) in [6.07, 6.45) is 8.01. The van der Waals surface area contributed by atoms with Crippen LogP contribution in [0.3, 0.4) is 0 Å². The number of hydrogen-bond acceptors (Lipinski definition) is 2. The average Bonchev–Trinajstić information content (AvgIpc) is 2.39. The van der Waals surface area contributed by atoms with Gasteiger partial charge in [-0.1, -0.05) is 13.8 Å². The first-order valence-electron chi connectivity index (χ1n) is 8.02. The van der Waals surface area contributed by atoms with Gasteiger partial charge in [-0.15, -0.1) is 0 Å². The molecular weight excluding hydrogens is 238 g/mol. The van der Waals surface area contributed by atoms with E-state index in [0.29, 0.717) is 12.3 Å². The largest absolute Gasteiger partial charge is 0.481 e. The highest BCUT2D eigenvalue weighted by molar-refractivity contribution is 5.67. The van der Waals surface area contributed by atoms with E-state index in [1.54, 1.807) is 0 Å². The Kier molecular flexibility index (Phi) is 5.26. The third-order valence-corrected chi connectivity index (χ3v) is 5.31. The lowest BCUT2D eigenvalue weighted by molar-refractivity contribution is -0.138. The first-order chi connectivity index (χ1) is 9.06. The fraction of sp³-hybridized carbons (Fsp3) is 0.938. The second-order valence-corrected chi connectivity index (χ2v) is 6.89. The summed E-state index contributed by atoms with van der Waals surface area (Å²) in [7, 11) is 0. The normalized spacial score (nSPS) is 30.7. The molecule has 1 heterocycles. The number of carbonyl (C=O) groups is 1. The van der Waals surface area contributed by atoms with Crippen molar-refractivity contribution >= 4 is 5.97 Å². The van der Waals surface area contributed by atoms with Crippen LogP contribution in [0.4, 0.5) is 0 Å². The summed E-state index contributed by atoms with van der Waals surface area (Å²) in [6, 6.07) is 0.778. The second-order valence-electron chi connectivity index (χ2n) is 6.89. The van der Waals surface area contributed by atoms with Crippen LogP contribution in [0.2, 0.25) is 0 Å². The SMILES string of the molecule is CC(C)C1CCC(N2CCC(CC(=O)O)CC2)CC1. The molecule has 0 aromatic carbocycles. The molecule has 3 nitrogen and oxygen atoms in total. The lowest BCUT2D eigenvalue weighted by Gasteiger charge is -2.41. The van der Waals surface area contributed by atoms with Crippen LogP contribution in [0.25, 0.3) is 0 Å². The minimum atomic E-state index is -0.629. The molecule has 0 spiro atoms. The number of rotatable bonds is 4. The van der Waals surface area contributed by atoms with Crippen LogP contribution in [-0.2, 0) is 4.79 Å². The summed E-state index contributed by atoms with van der Waals surface area (Å²) >= 11 is 0. The summed E-state index contributed by atoms with van der Waals surface area (Å²) in [5.74, 6) is 1.56. The van der Waals surface area contributed by atoms with E-state index < -0.39 is 5.97 Å². The van der Waals surface area contributed by atoms with E-state index in [1.165, 1.54) is 25.7 Å². The number of piperidine rings is 1. The van der Waals surface area contributed by atoms with E-state index in [0.717, 1.165) is 43.8 Å². The van der Waals surface area contributed by atoms with Crippen LogP contribution in [0, 0.1) is 17.8 Å². The van der Waals surface area contributed by atoms with Crippen molar-refractivity contribution in [3.63, 3.8) is 0 Å². The molecule has 2 rings (SSSR count). The standard InChI is InChI=1S/C16H29NO2/c1-12(2)14-3-5-15(6-4-14)17-9-7-13(8-10-17)11-16(18)19/h12-15H,3-11H2,1-2H3,(H,18,19). The molecule has 3 heteroatoms. The molecule has 2 aliphatic rings. The molecule has 0 radical (unpaired) electrons. The maximum atomic E-state index is 10.7. The van der Waals surface area contributed by atoms with Gasteiger partial charge in [0.15, 0.2) is 0 Å². The molecular formula is C16H29NO2. The molecule has 0 amide bonds. The number of carboxylic acids is 1. The summed E-state index contributed by atoms with van der Waals surface area (Å²) in [5.41, 5.74) is 0. The van der Waals surface area contributed by atoms with Gasteiger partial charge >= 0.3 is 5.97 Å². The smallest absolute Gasteiger partial charge is 0.303 e. The van der Waals surface area contributed by atoms with Crippen LogP contribution >= 0.6 is 0 Å². The van der Waals surface area contributed by atoms with Gasteiger partial charge in [0.05, 0.1) is 0 Å². The monoisotopic (exact) mass is 267 g/mol. The topological polar surface area (TPSA) is 40.5 Å². The molecule has 1 aliphatic heterocycles. The van der Waals surface area contributed by atoms with Gasteiger partial charge in [0.1, 0.15) is 0 Å². The quantitative estimate of drug-likeness (QED) is 0.849. The zero-order valence-corrected chi connectivity index (χ0v) is 12.5. The van der Waals surface area contributed by atoms with Crippen molar-refractivity contribution in [1.29, 1.82) is 0 Å². The molecule has 0 bridgehead atoms. The van der Waals surface area contributed by atoms with Gasteiger partial charge in [-0.25, -0.2) is 0 Å². The first kappa shape index (κ1) is 14.8. The van der Waals surface area contributed by atoms with Crippen molar-refractivity contribution < 1.29 is 9.90 Å². The molecule has 0 atom stereocenters. The summed E-state index contributed by atoms with van der Waals surface area (Å²) in [4.78, 5) is 13.4. The molecule has 19 heavy (non-hydrogen) atoms. The minimum absolute atomic E-state index is 0.369. The Morgan fingerprint density at radius 1 is 1.11 bits per heavy atom. The molecule has 2 fully saturated rings. The van der Waals surface area contributed by atoms with Crippen molar-refractivity contribution in [3.05, 3.63) is 0 Å². The van der Waals surface area contributed by atoms with E-state index in [4.69, 9.17) is 5.11 Å². The summed E-state index contributed by atoms with van der Waals surface area (Å²) in [6.45, 7) is 6.94. The molecule has 0 aromatic rings. The molecule has 110 valence electrons. The van der Waals surface area contributed by atoms with Crippen LogP contribution in [0.1, 0.15) is 58.8 Å². The molecule has 1 saturated heterocycles. The molecule has 1 aliphatic carbocycles. The lowest BCUT2D eigenvalue weighted by Crippen LogP contribution is -2.43. The van der Waals surface area contributed by atoms with E-state index in [1.807, 2.05) is 0 Å². The Bertz CT molecular complexity index is 287. The second kappa shape index (κ2) is 6.74. The van der Waals surface area contributed by atoms with Crippen molar-refractivity contribution in [2.24, 2.45) is 17.8 Å². The maximum Gasteiger partial charge on any atom is 0.303 e. The van der Waals surface area contributed by atoms with Crippen LogP contribution in [0.5, 0.6) is 0 Å². The highest BCUT2D eigenvalue weighted by Gasteiger charge is 2.30. The Labute approximate surface area is 117 Å². The van der Waals surface area contributed by atoms with Crippen molar-refractivity contribution in [2.75, 3.05) is 13.1 Å². The van der Waals surface area contributed by atoms with E-state index >= 15 is 0 Å². The Balaban J connectivity index is 1.72. The van der Waals surface area contributed by atoms with Gasteiger partial charge in [0, 0.05) is 12.5 Å². The Hall–Kier alpha value is -0.570. The third kappa shape index (κ3) is 4.20. The van der Waals surface area contributed by atoms with Crippen LogP contribution < -0.4 is 0 Å². The number of likely N-dealkylation sites (tertiary alicyclic amines) is 1. The van der Waals surface area contributed by atoms with Crippen molar-refractivity contribution in [1.82, 2.24) is 4.90 Å². The number of nitrogens with zero attached hydrogens (tertiary/aromatic N) is 1. The Morgan fingerprint density at radius 3 is 2.16 bits per heavy atom. The third-order valence-electron chi connectivity index (χ3n) is 5.31. The maximum absolute atomic E-state index is 10.7. The Morgan fingerprint density at radius 2 is 1.68 bits per heavy atom. The fourth-order valence-electron chi connectivity index (χ4n) is 3.90. The summed E-state index contributed by atoms with van der Waals surface area (Å²) < 4.78 is 0. The fourth-order valence-corrected chi connectivity index (χ4v) is 3.90. The van der Waals surface area contributed by atoms with Gasteiger partial charge in [0.25, 0.3) is 0 Å². The number of aliphatic carboxylic acids is 1. The van der Waals surface area contributed by atoms with Gasteiger partial charge < -0.3 is 10.0 Å². The molecule has 1 saturated carbocycles. The van der Waals surface area contributed by atoms with Gasteiger partial charge in [-0.3, -0.25) is 4.79 Å². The molecule has 0 aromatic heterocycles. The summed E-state index contributed by atoms with van der Waals surface area (Å²) in [5, 5.41) is 8.85. The van der Waals surface area contributed by atoms with Gasteiger partial charge in [-0.05, 0) is 69.4 Å². The number of carboxylic acid groups (broad SMARTS) is 1. The predicted molar refractivity (Wildman–Crippen MR) is 77.1 cm³/mol. The average molecular weight is 267 g/mol. The van der Waals surface area contributed by atoms with E-state index in [2.05, 4.69) is 18.7 Å². The first-order valence-corrected chi connectivity index (χ1v) is 8.02. The van der Waals surface area contributed by atoms with E-state index in [9.17, 15) is 4.79 Å². The van der Waals surface area contributed by atoms with Crippen molar-refractivity contribution in [3.8, 4) is 0 Å². The van der Waals surface area contributed by atoms with E-state index in [-0.39, 0.29) is 0 Å². The lowest BCUT2D eigenvalue weighted by atomic mass is 9.78. The zero-order chi connectivity index (χ0) is 13.8. The highest BCUT2D eigenvalue weighted by atomic mass is 16.4. The highest BCUT2D eigenvalue weighted by Crippen LogP contribution is 2.34. The van der Waals surface area contributed by atoms with Gasteiger partial charge in [-0.2, -0.15) is 0 Å².